The summed E-state index contributed by atoms with van der Waals surface area (Å²) in [5, 5.41) is 3.38. The quantitative estimate of drug-likeness (QED) is 0.603. The molecule has 1 N–H and O–H groups in total. The number of nitrogens with one attached hydrogen (secondary N) is 1. The highest BCUT2D eigenvalue weighted by Crippen LogP contribution is 2.15. The minimum absolute atomic E-state index is 0.199. The van der Waals surface area contributed by atoms with Crippen LogP contribution in [-0.4, -0.2) is 32.0 Å². The van der Waals surface area contributed by atoms with E-state index in [1.165, 1.54) is 0 Å². The van der Waals surface area contributed by atoms with Gasteiger partial charge in [-0.15, -0.1) is 0 Å². The summed E-state index contributed by atoms with van der Waals surface area (Å²) < 4.78 is 39.8. The van der Waals surface area contributed by atoms with E-state index in [2.05, 4.69) is 23.9 Å². The maximum Gasteiger partial charge on any atom is 0.411 e. The van der Waals surface area contributed by atoms with Crippen LogP contribution < -0.4 is 5.32 Å². The molecular weight excluding hydrogens is 231 g/mol. The lowest BCUT2D eigenvalue weighted by atomic mass is 10.1. The third-order valence-electron chi connectivity index (χ3n) is 2.49. The Bertz CT molecular complexity index is 168. The minimum Gasteiger partial charge on any atom is -0.372 e. The van der Waals surface area contributed by atoms with Crippen molar-refractivity contribution in [3.05, 3.63) is 0 Å². The molecule has 0 fully saturated rings. The van der Waals surface area contributed by atoms with E-state index in [-0.39, 0.29) is 6.61 Å². The fraction of sp³-hybridized carbons (Fsp3) is 1.00. The van der Waals surface area contributed by atoms with Crippen molar-refractivity contribution in [2.45, 2.75) is 58.2 Å². The van der Waals surface area contributed by atoms with Crippen molar-refractivity contribution < 1.29 is 17.9 Å². The summed E-state index contributed by atoms with van der Waals surface area (Å²) in [6.45, 7) is 4.21. The molecule has 0 saturated heterocycles. The molecule has 2 nitrogen and oxygen atoms in total. The van der Waals surface area contributed by atoms with Crippen molar-refractivity contribution in [1.29, 1.82) is 0 Å². The van der Waals surface area contributed by atoms with E-state index in [4.69, 9.17) is 0 Å². The van der Waals surface area contributed by atoms with E-state index in [1.54, 1.807) is 0 Å². The average Bonchev–Trinajstić information content (AvgIpc) is 2.22. The number of alkyl halides is 3. The van der Waals surface area contributed by atoms with Crippen LogP contribution in [0.2, 0.25) is 0 Å². The second-order valence-corrected chi connectivity index (χ2v) is 4.21. The summed E-state index contributed by atoms with van der Waals surface area (Å²) in [7, 11) is 0. The molecule has 0 heterocycles. The maximum absolute atomic E-state index is 11.8. The Labute approximate surface area is 102 Å². The number of rotatable bonds is 10. The van der Waals surface area contributed by atoms with Gasteiger partial charge in [-0.05, 0) is 32.2 Å². The van der Waals surface area contributed by atoms with Gasteiger partial charge in [0.25, 0.3) is 0 Å². The molecule has 0 aliphatic heterocycles. The second-order valence-electron chi connectivity index (χ2n) is 4.21. The van der Waals surface area contributed by atoms with E-state index in [0.29, 0.717) is 12.5 Å². The van der Waals surface area contributed by atoms with Crippen molar-refractivity contribution in [2.75, 3.05) is 19.8 Å². The number of unbranched alkanes of at least 4 members (excludes halogenated alkanes) is 1. The molecule has 0 radical (unpaired) electrons. The Hall–Kier alpha value is -0.290. The Balaban J connectivity index is 3.41. The summed E-state index contributed by atoms with van der Waals surface area (Å²) in [6, 6.07) is 0.493. The van der Waals surface area contributed by atoms with Crippen molar-refractivity contribution in [3.63, 3.8) is 0 Å². The van der Waals surface area contributed by atoms with Gasteiger partial charge >= 0.3 is 6.18 Å². The molecule has 0 aliphatic rings. The Kier molecular flexibility index (Phi) is 9.55. The van der Waals surface area contributed by atoms with Gasteiger partial charge in [0.1, 0.15) is 6.61 Å². The molecule has 17 heavy (non-hydrogen) atoms. The molecule has 0 aromatic carbocycles. The number of hydrogen-bond acceptors (Lipinski definition) is 2. The SMILES string of the molecule is CCCC(CCCCOCC(F)(F)F)NCC. The first-order chi connectivity index (χ1) is 7.99. The standard InChI is InChI=1S/C12H24F3NO/c1-3-7-11(16-4-2)8-5-6-9-17-10-12(13,14)15/h11,16H,3-10H2,1-2H3. The molecule has 104 valence electrons. The predicted octanol–water partition coefficient (Wildman–Crippen LogP) is 3.51. The molecule has 0 saturated carbocycles. The zero-order valence-electron chi connectivity index (χ0n) is 10.8. The molecule has 1 atom stereocenters. The molecule has 0 spiro atoms. The number of ether oxygens (including phenoxy) is 1. The van der Waals surface area contributed by atoms with Gasteiger partial charge in [-0.2, -0.15) is 13.2 Å². The highest BCUT2D eigenvalue weighted by molar-refractivity contribution is 4.65. The first kappa shape index (κ1) is 16.7. The Morgan fingerprint density at radius 2 is 1.82 bits per heavy atom. The lowest BCUT2D eigenvalue weighted by Gasteiger charge is -2.16. The van der Waals surface area contributed by atoms with E-state index >= 15 is 0 Å². The molecule has 1 unspecified atom stereocenters. The van der Waals surface area contributed by atoms with E-state index in [1.807, 2.05) is 0 Å². The van der Waals surface area contributed by atoms with Gasteiger partial charge in [0, 0.05) is 12.6 Å². The average molecular weight is 255 g/mol. The zero-order chi connectivity index (χ0) is 13.1. The van der Waals surface area contributed by atoms with Crippen LogP contribution in [0, 0.1) is 0 Å². The van der Waals surface area contributed by atoms with Gasteiger partial charge in [0.15, 0.2) is 0 Å². The molecule has 5 heteroatoms. The largest absolute Gasteiger partial charge is 0.411 e. The maximum atomic E-state index is 11.8. The monoisotopic (exact) mass is 255 g/mol. The van der Waals surface area contributed by atoms with Crippen LogP contribution in [0.3, 0.4) is 0 Å². The summed E-state index contributed by atoms with van der Waals surface area (Å²) in [5.41, 5.74) is 0. The van der Waals surface area contributed by atoms with E-state index < -0.39 is 12.8 Å². The zero-order valence-corrected chi connectivity index (χ0v) is 10.8. The van der Waals surface area contributed by atoms with Crippen LogP contribution >= 0.6 is 0 Å². The topological polar surface area (TPSA) is 21.3 Å². The van der Waals surface area contributed by atoms with Crippen molar-refractivity contribution >= 4 is 0 Å². The Morgan fingerprint density at radius 1 is 1.12 bits per heavy atom. The molecule has 0 aliphatic carbocycles. The number of hydrogen-bond donors (Lipinski definition) is 1. The lowest BCUT2D eigenvalue weighted by Crippen LogP contribution is -2.28. The van der Waals surface area contributed by atoms with Crippen LogP contribution in [0.5, 0.6) is 0 Å². The van der Waals surface area contributed by atoms with Crippen LogP contribution in [0.1, 0.15) is 46.0 Å². The molecule has 0 rings (SSSR count). The second kappa shape index (κ2) is 9.71. The van der Waals surface area contributed by atoms with Gasteiger partial charge in [0.05, 0.1) is 0 Å². The molecular formula is C12H24F3NO. The molecule has 0 aromatic heterocycles. The molecule has 0 aromatic rings. The fourth-order valence-electron chi connectivity index (χ4n) is 1.77. The van der Waals surface area contributed by atoms with E-state index in [9.17, 15) is 13.2 Å². The first-order valence-corrected chi connectivity index (χ1v) is 6.37. The van der Waals surface area contributed by atoms with Crippen LogP contribution in [0.4, 0.5) is 13.2 Å². The molecule has 0 amide bonds. The summed E-state index contributed by atoms with van der Waals surface area (Å²) >= 11 is 0. The van der Waals surface area contributed by atoms with Gasteiger partial charge in [-0.3, -0.25) is 0 Å². The third kappa shape index (κ3) is 12.0. The van der Waals surface area contributed by atoms with Crippen molar-refractivity contribution in [3.8, 4) is 0 Å². The van der Waals surface area contributed by atoms with Crippen LogP contribution in [0.25, 0.3) is 0 Å². The first-order valence-electron chi connectivity index (χ1n) is 6.37. The summed E-state index contributed by atoms with van der Waals surface area (Å²) in [4.78, 5) is 0. The summed E-state index contributed by atoms with van der Waals surface area (Å²) in [5.74, 6) is 0. The van der Waals surface area contributed by atoms with Crippen LogP contribution in [0.15, 0.2) is 0 Å². The van der Waals surface area contributed by atoms with Gasteiger partial charge in [0.2, 0.25) is 0 Å². The number of halogens is 3. The van der Waals surface area contributed by atoms with Crippen molar-refractivity contribution in [1.82, 2.24) is 5.32 Å². The normalized spacial score (nSPS) is 13.9. The summed E-state index contributed by atoms with van der Waals surface area (Å²) in [6.07, 6.45) is 0.669. The lowest BCUT2D eigenvalue weighted by molar-refractivity contribution is -0.174. The van der Waals surface area contributed by atoms with Gasteiger partial charge < -0.3 is 10.1 Å². The van der Waals surface area contributed by atoms with E-state index in [0.717, 1.165) is 32.2 Å². The van der Waals surface area contributed by atoms with Crippen LogP contribution in [-0.2, 0) is 4.74 Å². The smallest absolute Gasteiger partial charge is 0.372 e. The third-order valence-corrected chi connectivity index (χ3v) is 2.49. The Morgan fingerprint density at radius 3 is 2.35 bits per heavy atom. The van der Waals surface area contributed by atoms with Crippen molar-refractivity contribution in [2.24, 2.45) is 0 Å². The predicted molar refractivity (Wildman–Crippen MR) is 63.1 cm³/mol. The highest BCUT2D eigenvalue weighted by atomic mass is 19.4. The highest BCUT2D eigenvalue weighted by Gasteiger charge is 2.27. The fourth-order valence-corrected chi connectivity index (χ4v) is 1.77. The van der Waals surface area contributed by atoms with Gasteiger partial charge in [-0.25, -0.2) is 0 Å². The van der Waals surface area contributed by atoms with Gasteiger partial charge in [-0.1, -0.05) is 20.3 Å². The minimum atomic E-state index is -4.20. The molecule has 0 bridgehead atoms.